The summed E-state index contributed by atoms with van der Waals surface area (Å²) >= 11 is 0. The van der Waals surface area contributed by atoms with Crippen LogP contribution in [0.3, 0.4) is 0 Å². The van der Waals surface area contributed by atoms with E-state index >= 15 is 0 Å². The first-order valence-electron chi connectivity index (χ1n) is 12.2. The van der Waals surface area contributed by atoms with Gasteiger partial charge in [-0.2, -0.15) is 0 Å². The first-order chi connectivity index (χ1) is 18.4. The van der Waals surface area contributed by atoms with E-state index in [1.807, 2.05) is 0 Å². The van der Waals surface area contributed by atoms with Crippen LogP contribution < -0.4 is 5.32 Å². The zero-order chi connectivity index (χ0) is 28.5. The van der Waals surface area contributed by atoms with Crippen LogP contribution in [0, 0.1) is 17.7 Å². The number of halogens is 1. The molecule has 2 aromatic carbocycles. The summed E-state index contributed by atoms with van der Waals surface area (Å²) in [6, 6.07) is 8.16. The van der Waals surface area contributed by atoms with Crippen LogP contribution in [-0.2, 0) is 14.4 Å². The van der Waals surface area contributed by atoms with E-state index < -0.39 is 87.2 Å². The predicted octanol–water partition coefficient (Wildman–Crippen LogP) is 0.924. The van der Waals surface area contributed by atoms with E-state index in [1.54, 1.807) is 6.07 Å². The summed E-state index contributed by atoms with van der Waals surface area (Å²) in [5.41, 5.74) is -3.71. The fourth-order valence-corrected chi connectivity index (χ4v) is 6.44. The molecule has 0 aromatic heterocycles. The van der Waals surface area contributed by atoms with Crippen molar-refractivity contribution in [2.24, 2.45) is 11.8 Å². The van der Waals surface area contributed by atoms with Gasteiger partial charge < -0.3 is 30.8 Å². The lowest BCUT2D eigenvalue weighted by Gasteiger charge is -2.54. The number of hydrogen-bond donors (Lipinski definition) is 6. The molecule has 1 amide bonds. The summed E-state index contributed by atoms with van der Waals surface area (Å²) in [6.07, 6.45) is -1.75. The van der Waals surface area contributed by atoms with Gasteiger partial charge in [-0.1, -0.05) is 24.3 Å². The summed E-state index contributed by atoms with van der Waals surface area (Å²) in [5, 5.41) is 59.1. The molecule has 1 fully saturated rings. The van der Waals surface area contributed by atoms with Crippen molar-refractivity contribution in [1.29, 1.82) is 0 Å². The van der Waals surface area contributed by atoms with Crippen LogP contribution in [0.2, 0.25) is 0 Å². The predicted molar refractivity (Wildman–Crippen MR) is 135 cm³/mol. The van der Waals surface area contributed by atoms with Crippen LogP contribution in [0.5, 0.6) is 5.75 Å². The molecule has 204 valence electrons. The largest absolute Gasteiger partial charge is 0.508 e. The SMILES string of the molecule is CNC(=O)C1=C(O)[C@@]2(O)C(=O)C3=C(O)c4c(O)cccc4[C@H](c4ccc(F)cc4)[C@H]3[C@H](O)[C@H]2[C@H](N(C)C)C1=O. The number of hydrogen-bond acceptors (Lipinski definition) is 9. The number of carbonyl (C=O) groups excluding carboxylic acids is 3. The van der Waals surface area contributed by atoms with Gasteiger partial charge in [-0.05, 0) is 43.4 Å². The van der Waals surface area contributed by atoms with E-state index in [9.17, 15) is 44.3 Å². The highest BCUT2D eigenvalue weighted by molar-refractivity contribution is 6.25. The Bertz CT molecular complexity index is 1480. The number of likely N-dealkylation sites (N-methyl/N-ethyl adjacent to an activating group) is 2. The Hall–Kier alpha value is -4.06. The molecule has 39 heavy (non-hydrogen) atoms. The zero-order valence-electron chi connectivity index (χ0n) is 21.2. The average Bonchev–Trinajstić information content (AvgIpc) is 2.89. The molecule has 0 radical (unpaired) electrons. The maximum atomic E-state index is 14.2. The number of aromatic hydroxyl groups is 1. The van der Waals surface area contributed by atoms with Gasteiger partial charge >= 0.3 is 0 Å². The van der Waals surface area contributed by atoms with E-state index in [2.05, 4.69) is 5.32 Å². The number of ketones is 2. The number of rotatable bonds is 3. The standard InChI is InChI=1S/C28H27FN2O8/c1-30-27(38)19-24(35)21(31(2)3)20-23(34)17-15(11-7-9-12(29)10-8-11)13-5-4-6-14(32)16(13)22(33)18(17)25(36)28(20,39)26(19)37/h4-10,15,17,20-21,23,32-34,37,39H,1-3H3,(H,30,38)/t15-,17+,20+,21-,23-,28-/m0/s1. The highest BCUT2D eigenvalue weighted by Gasteiger charge is 2.68. The van der Waals surface area contributed by atoms with Crippen LogP contribution >= 0.6 is 0 Å². The van der Waals surface area contributed by atoms with Gasteiger partial charge in [-0.3, -0.25) is 19.3 Å². The minimum absolute atomic E-state index is 0.133. The molecule has 10 nitrogen and oxygen atoms in total. The van der Waals surface area contributed by atoms with Crippen molar-refractivity contribution in [3.8, 4) is 5.75 Å². The lowest BCUT2D eigenvalue weighted by Crippen LogP contribution is -2.70. The number of nitrogens with one attached hydrogen (secondary N) is 1. The number of Topliss-reactive ketones (excluding diaryl/α,β-unsaturated/α-hetero) is 2. The molecule has 11 heteroatoms. The van der Waals surface area contributed by atoms with Gasteiger partial charge in [-0.15, -0.1) is 0 Å². The Labute approximate surface area is 222 Å². The molecule has 3 aliphatic carbocycles. The number of benzene rings is 2. The molecule has 0 bridgehead atoms. The van der Waals surface area contributed by atoms with Gasteiger partial charge in [0.1, 0.15) is 28.7 Å². The molecule has 6 atom stereocenters. The van der Waals surface area contributed by atoms with E-state index in [-0.39, 0.29) is 5.56 Å². The number of aliphatic hydroxyl groups is 4. The molecule has 0 unspecified atom stereocenters. The van der Waals surface area contributed by atoms with Crippen molar-refractivity contribution < 1.29 is 44.3 Å². The fourth-order valence-electron chi connectivity index (χ4n) is 6.44. The molecule has 2 aromatic rings. The summed E-state index contributed by atoms with van der Waals surface area (Å²) in [7, 11) is 4.11. The van der Waals surface area contributed by atoms with Crippen molar-refractivity contribution in [2.45, 2.75) is 23.7 Å². The van der Waals surface area contributed by atoms with E-state index in [0.717, 1.165) is 0 Å². The monoisotopic (exact) mass is 538 g/mol. The minimum Gasteiger partial charge on any atom is -0.508 e. The lowest BCUT2D eigenvalue weighted by atomic mass is 9.53. The number of phenols is 1. The lowest BCUT2D eigenvalue weighted by molar-refractivity contribution is -0.169. The molecule has 1 saturated carbocycles. The van der Waals surface area contributed by atoms with Gasteiger partial charge in [0.25, 0.3) is 5.91 Å². The van der Waals surface area contributed by atoms with Gasteiger partial charge in [0.05, 0.1) is 23.6 Å². The Morgan fingerprint density at radius 3 is 2.28 bits per heavy atom. The number of nitrogens with zero attached hydrogens (tertiary/aromatic N) is 1. The Morgan fingerprint density at radius 1 is 1.05 bits per heavy atom. The summed E-state index contributed by atoms with van der Waals surface area (Å²) in [6.45, 7) is 0. The average molecular weight is 539 g/mol. The number of carbonyl (C=O) groups is 3. The zero-order valence-corrected chi connectivity index (χ0v) is 21.2. The first-order valence-corrected chi connectivity index (χ1v) is 12.2. The fraction of sp³-hybridized carbons (Fsp3) is 0.321. The normalized spacial score (nSPS) is 30.2. The van der Waals surface area contributed by atoms with Crippen LogP contribution in [0.15, 0.2) is 59.4 Å². The maximum Gasteiger partial charge on any atom is 0.258 e. The number of phenolic OH excluding ortho intramolecular Hbond substituents is 1. The van der Waals surface area contributed by atoms with Crippen LogP contribution in [0.1, 0.15) is 22.6 Å². The van der Waals surface area contributed by atoms with E-state index in [0.29, 0.717) is 11.1 Å². The molecular weight excluding hydrogens is 511 g/mol. The van der Waals surface area contributed by atoms with Crippen molar-refractivity contribution in [3.63, 3.8) is 0 Å². The quantitative estimate of drug-likeness (QED) is 0.312. The highest BCUT2D eigenvalue weighted by Crippen LogP contribution is 2.57. The molecule has 0 spiro atoms. The topological polar surface area (TPSA) is 168 Å². The third kappa shape index (κ3) is 3.47. The van der Waals surface area contributed by atoms with Gasteiger partial charge in [0, 0.05) is 24.5 Å². The van der Waals surface area contributed by atoms with E-state index in [1.165, 1.54) is 62.4 Å². The van der Waals surface area contributed by atoms with Crippen LogP contribution in [0.4, 0.5) is 4.39 Å². The molecule has 6 N–H and O–H groups in total. The second-order valence-corrected chi connectivity index (χ2v) is 10.2. The van der Waals surface area contributed by atoms with Crippen molar-refractivity contribution in [2.75, 3.05) is 21.1 Å². The first kappa shape index (κ1) is 26.5. The van der Waals surface area contributed by atoms with Gasteiger partial charge in [0.2, 0.25) is 5.78 Å². The summed E-state index contributed by atoms with van der Waals surface area (Å²) in [4.78, 5) is 41.6. The maximum absolute atomic E-state index is 14.2. The molecule has 3 aliphatic rings. The Morgan fingerprint density at radius 2 is 1.69 bits per heavy atom. The third-order valence-electron chi connectivity index (χ3n) is 8.10. The highest BCUT2D eigenvalue weighted by atomic mass is 19.1. The second-order valence-electron chi connectivity index (χ2n) is 10.2. The molecular formula is C28H27FN2O8. The van der Waals surface area contributed by atoms with Crippen LogP contribution in [-0.4, -0.2) is 86.8 Å². The van der Waals surface area contributed by atoms with Crippen molar-refractivity contribution in [3.05, 3.63) is 81.9 Å². The third-order valence-corrected chi connectivity index (χ3v) is 8.10. The van der Waals surface area contributed by atoms with Gasteiger partial charge in [-0.25, -0.2) is 4.39 Å². The van der Waals surface area contributed by atoms with Crippen molar-refractivity contribution >= 4 is 23.2 Å². The summed E-state index contributed by atoms with van der Waals surface area (Å²) < 4.78 is 13.8. The Kier molecular flexibility index (Phi) is 6.13. The second kappa shape index (κ2) is 9.01. The van der Waals surface area contributed by atoms with E-state index in [4.69, 9.17) is 0 Å². The van der Waals surface area contributed by atoms with Gasteiger partial charge in [0.15, 0.2) is 11.4 Å². The number of amides is 1. The molecule has 0 saturated heterocycles. The Balaban J connectivity index is 1.85. The smallest absolute Gasteiger partial charge is 0.258 e. The molecule has 5 rings (SSSR count). The molecule has 0 aliphatic heterocycles. The van der Waals surface area contributed by atoms with Crippen LogP contribution in [0.25, 0.3) is 5.76 Å². The number of fused-ring (bicyclic) bond motifs is 3. The summed E-state index contributed by atoms with van der Waals surface area (Å²) in [5.74, 6) is -9.98. The number of aliphatic hydroxyl groups excluding tert-OH is 3. The molecule has 0 heterocycles. The van der Waals surface area contributed by atoms with Crippen molar-refractivity contribution in [1.82, 2.24) is 10.2 Å². The minimum atomic E-state index is -2.97.